The molecule has 3 fully saturated rings. The maximum absolute atomic E-state index is 12.3. The van der Waals surface area contributed by atoms with Gasteiger partial charge in [-0.2, -0.15) is 0 Å². The number of hydrogen-bond acceptors (Lipinski definition) is 4. The highest BCUT2D eigenvalue weighted by atomic mass is 16.5. The van der Waals surface area contributed by atoms with Crippen molar-refractivity contribution >= 4 is 5.91 Å². The summed E-state index contributed by atoms with van der Waals surface area (Å²) in [5.41, 5.74) is 6.99. The van der Waals surface area contributed by atoms with Crippen LogP contribution in [0.15, 0.2) is 24.3 Å². The topological polar surface area (TPSA) is 58.8 Å². The van der Waals surface area contributed by atoms with E-state index in [0.717, 1.165) is 25.3 Å². The molecule has 3 saturated heterocycles. The maximum Gasteiger partial charge on any atom is 0.236 e. The highest BCUT2D eigenvalue weighted by Crippen LogP contribution is 2.42. The molecule has 3 heterocycles. The molecule has 5 nitrogen and oxygen atoms in total. The Morgan fingerprint density at radius 1 is 1.27 bits per heavy atom. The van der Waals surface area contributed by atoms with Gasteiger partial charge < -0.3 is 15.4 Å². The van der Waals surface area contributed by atoms with E-state index in [-0.39, 0.29) is 12.5 Å². The molecule has 5 heteroatoms. The van der Waals surface area contributed by atoms with Crippen molar-refractivity contribution in [1.82, 2.24) is 9.80 Å². The SMILES string of the molecule is COc1cccc(C[C@H]2[C@H]3C[C@H](CN(C(=O)CN)C3)[C@@H]3CCCCN32)c1. The number of carbonyl (C=O) groups is 1. The van der Waals surface area contributed by atoms with Crippen LogP contribution in [0.4, 0.5) is 0 Å². The van der Waals surface area contributed by atoms with Gasteiger partial charge in [0.2, 0.25) is 5.91 Å². The summed E-state index contributed by atoms with van der Waals surface area (Å²) in [6, 6.07) is 9.60. The third-order valence-corrected chi connectivity index (χ3v) is 6.73. The van der Waals surface area contributed by atoms with E-state index in [0.29, 0.717) is 23.9 Å². The zero-order valence-corrected chi connectivity index (χ0v) is 15.8. The molecular weight excluding hydrogens is 326 g/mol. The number of amides is 1. The summed E-state index contributed by atoms with van der Waals surface area (Å²) in [7, 11) is 1.72. The molecule has 26 heavy (non-hydrogen) atoms. The summed E-state index contributed by atoms with van der Waals surface area (Å²) < 4.78 is 5.41. The molecule has 3 aliphatic heterocycles. The Hall–Kier alpha value is -1.59. The van der Waals surface area contributed by atoms with Crippen LogP contribution in [0.2, 0.25) is 0 Å². The number of piperidine rings is 3. The average molecular weight is 357 g/mol. The number of nitrogens with zero attached hydrogens (tertiary/aromatic N) is 2. The summed E-state index contributed by atoms with van der Waals surface area (Å²) in [5.74, 6) is 2.20. The molecule has 0 radical (unpaired) electrons. The molecule has 0 saturated carbocycles. The van der Waals surface area contributed by atoms with E-state index < -0.39 is 0 Å². The van der Waals surface area contributed by atoms with Gasteiger partial charge in [-0.1, -0.05) is 18.6 Å². The van der Waals surface area contributed by atoms with E-state index in [2.05, 4.69) is 23.1 Å². The van der Waals surface area contributed by atoms with Crippen LogP contribution in [0.5, 0.6) is 5.75 Å². The molecule has 1 aromatic carbocycles. The minimum atomic E-state index is 0.115. The largest absolute Gasteiger partial charge is 0.497 e. The molecule has 2 N–H and O–H groups in total. The zero-order valence-electron chi connectivity index (χ0n) is 15.8. The fourth-order valence-corrected chi connectivity index (χ4v) is 5.56. The van der Waals surface area contributed by atoms with Gasteiger partial charge in [-0.25, -0.2) is 0 Å². The lowest BCUT2D eigenvalue weighted by Crippen LogP contribution is -2.65. The number of likely N-dealkylation sites (tertiary alicyclic amines) is 1. The molecule has 1 aromatic rings. The van der Waals surface area contributed by atoms with Gasteiger partial charge in [0.25, 0.3) is 0 Å². The van der Waals surface area contributed by atoms with Crippen LogP contribution in [0.3, 0.4) is 0 Å². The van der Waals surface area contributed by atoms with Crippen molar-refractivity contribution < 1.29 is 9.53 Å². The second-order valence-electron chi connectivity index (χ2n) is 8.18. The smallest absolute Gasteiger partial charge is 0.236 e. The minimum Gasteiger partial charge on any atom is -0.497 e. The van der Waals surface area contributed by atoms with Crippen molar-refractivity contribution in [2.24, 2.45) is 17.6 Å². The molecule has 0 unspecified atom stereocenters. The zero-order chi connectivity index (χ0) is 18.1. The second kappa shape index (κ2) is 7.57. The molecule has 142 valence electrons. The van der Waals surface area contributed by atoms with Crippen molar-refractivity contribution in [1.29, 1.82) is 0 Å². The highest BCUT2D eigenvalue weighted by Gasteiger charge is 2.47. The third-order valence-electron chi connectivity index (χ3n) is 6.73. The van der Waals surface area contributed by atoms with E-state index in [1.165, 1.54) is 37.8 Å². The van der Waals surface area contributed by atoms with Gasteiger partial charge in [-0.05, 0) is 61.8 Å². The first-order valence-electron chi connectivity index (χ1n) is 10.1. The van der Waals surface area contributed by atoms with Gasteiger partial charge in [0.1, 0.15) is 5.75 Å². The number of hydrogen-bond donors (Lipinski definition) is 1. The summed E-state index contributed by atoms with van der Waals surface area (Å²) >= 11 is 0. The quantitative estimate of drug-likeness (QED) is 0.894. The first-order chi connectivity index (χ1) is 12.7. The second-order valence-corrected chi connectivity index (χ2v) is 8.18. The van der Waals surface area contributed by atoms with Crippen molar-refractivity contribution in [2.75, 3.05) is 33.3 Å². The molecule has 4 atom stereocenters. The highest BCUT2D eigenvalue weighted by molar-refractivity contribution is 5.78. The first-order valence-corrected chi connectivity index (χ1v) is 10.1. The molecule has 0 spiro atoms. The molecule has 0 aliphatic carbocycles. The monoisotopic (exact) mass is 357 g/mol. The van der Waals surface area contributed by atoms with E-state index in [9.17, 15) is 4.79 Å². The normalized spacial score (nSPS) is 31.4. The van der Waals surface area contributed by atoms with Gasteiger partial charge in [-0.15, -0.1) is 0 Å². The Kier molecular flexibility index (Phi) is 5.18. The number of ether oxygens (including phenoxy) is 1. The molecule has 1 amide bonds. The van der Waals surface area contributed by atoms with Gasteiger partial charge in [-0.3, -0.25) is 9.69 Å². The lowest BCUT2D eigenvalue weighted by atomic mass is 9.71. The van der Waals surface area contributed by atoms with E-state index in [1.807, 2.05) is 11.0 Å². The van der Waals surface area contributed by atoms with Gasteiger partial charge in [0.15, 0.2) is 0 Å². The number of benzene rings is 1. The van der Waals surface area contributed by atoms with Crippen LogP contribution in [0.1, 0.15) is 31.2 Å². The number of methoxy groups -OCH3 is 1. The lowest BCUT2D eigenvalue weighted by molar-refractivity contribution is -0.139. The van der Waals surface area contributed by atoms with Gasteiger partial charge >= 0.3 is 0 Å². The summed E-state index contributed by atoms with van der Waals surface area (Å²) in [4.78, 5) is 17.1. The Balaban J connectivity index is 1.59. The lowest BCUT2D eigenvalue weighted by Gasteiger charge is -2.57. The fourth-order valence-electron chi connectivity index (χ4n) is 5.56. The van der Waals surface area contributed by atoms with Crippen molar-refractivity contribution in [3.8, 4) is 5.75 Å². The Morgan fingerprint density at radius 2 is 2.12 bits per heavy atom. The predicted molar refractivity (Wildman–Crippen MR) is 102 cm³/mol. The summed E-state index contributed by atoms with van der Waals surface area (Å²) in [6.45, 7) is 3.11. The van der Waals surface area contributed by atoms with Crippen molar-refractivity contribution in [3.63, 3.8) is 0 Å². The molecule has 3 aliphatic rings. The Bertz CT molecular complexity index is 650. The number of rotatable bonds is 4. The Morgan fingerprint density at radius 3 is 2.92 bits per heavy atom. The first kappa shape index (κ1) is 17.8. The molecule has 2 bridgehead atoms. The number of carbonyl (C=O) groups excluding carboxylic acids is 1. The van der Waals surface area contributed by atoms with Crippen molar-refractivity contribution in [2.45, 2.75) is 44.2 Å². The van der Waals surface area contributed by atoms with Crippen LogP contribution in [0.25, 0.3) is 0 Å². The Labute approximate surface area is 156 Å². The molecule has 4 rings (SSSR count). The van der Waals surface area contributed by atoms with E-state index in [1.54, 1.807) is 7.11 Å². The average Bonchev–Trinajstić information content (AvgIpc) is 2.70. The molecule has 0 aromatic heterocycles. The van der Waals surface area contributed by atoms with E-state index >= 15 is 0 Å². The van der Waals surface area contributed by atoms with Crippen LogP contribution in [-0.4, -0.2) is 61.1 Å². The van der Waals surface area contributed by atoms with Crippen LogP contribution in [0, 0.1) is 11.8 Å². The van der Waals surface area contributed by atoms with Crippen LogP contribution < -0.4 is 10.5 Å². The summed E-state index contributed by atoms with van der Waals surface area (Å²) in [5, 5.41) is 0. The van der Waals surface area contributed by atoms with Crippen molar-refractivity contribution in [3.05, 3.63) is 29.8 Å². The fraction of sp³-hybridized carbons (Fsp3) is 0.667. The maximum atomic E-state index is 12.3. The van der Waals surface area contributed by atoms with E-state index in [4.69, 9.17) is 10.5 Å². The van der Waals surface area contributed by atoms with Gasteiger partial charge in [0.05, 0.1) is 13.7 Å². The summed E-state index contributed by atoms with van der Waals surface area (Å²) in [6.07, 6.45) is 6.19. The standard InChI is InChI=1S/C21H31N3O2/c1-26-18-6-4-5-15(9-18)10-20-17-11-16(13-23(14-17)21(25)12-22)19-7-2-3-8-24(19)20/h4-6,9,16-17,19-20H,2-3,7-8,10-14,22H2,1H3/t16-,17+,19+,20+/m1/s1. The third kappa shape index (κ3) is 3.35. The van der Waals surface area contributed by atoms with Gasteiger partial charge in [0, 0.05) is 25.2 Å². The number of nitrogens with two attached hydrogens (primary N) is 1. The minimum absolute atomic E-state index is 0.115. The number of fused-ring (bicyclic) bond motifs is 4. The van der Waals surface area contributed by atoms with Crippen LogP contribution in [-0.2, 0) is 11.2 Å². The van der Waals surface area contributed by atoms with Crippen LogP contribution >= 0.6 is 0 Å². The predicted octanol–water partition coefficient (Wildman–Crippen LogP) is 1.90. The molecular formula is C21H31N3O2.